The predicted octanol–water partition coefficient (Wildman–Crippen LogP) is 3.03. The van der Waals surface area contributed by atoms with Crippen molar-refractivity contribution in [3.05, 3.63) is 58.6 Å². The minimum Gasteiger partial charge on any atom is -0.379 e. The number of carbonyl (C=O) groups is 1. The van der Waals surface area contributed by atoms with Gasteiger partial charge in [0, 0.05) is 10.0 Å². The summed E-state index contributed by atoms with van der Waals surface area (Å²) in [6, 6.07) is 12.0. The van der Waals surface area contributed by atoms with Crippen molar-refractivity contribution in [3.8, 4) is 5.75 Å². The molecule has 0 saturated heterocycles. The third-order valence-corrected chi connectivity index (χ3v) is 4.11. The molecule has 0 aliphatic carbocycles. The van der Waals surface area contributed by atoms with Crippen LogP contribution < -0.4 is 4.18 Å². The van der Waals surface area contributed by atoms with Crippen LogP contribution in [0.25, 0.3) is 0 Å². The third-order valence-electron chi connectivity index (χ3n) is 2.32. The van der Waals surface area contributed by atoms with Crippen LogP contribution in [0.4, 0.5) is 0 Å². The Morgan fingerprint density at radius 3 is 2.05 bits per heavy atom. The van der Waals surface area contributed by atoms with Gasteiger partial charge >= 0.3 is 10.1 Å². The van der Waals surface area contributed by atoms with Gasteiger partial charge in [0.1, 0.15) is 16.9 Å². The van der Waals surface area contributed by atoms with E-state index in [2.05, 4.69) is 15.9 Å². The summed E-state index contributed by atoms with van der Waals surface area (Å²) in [6.45, 7) is 0. The Hall–Kier alpha value is -1.66. The van der Waals surface area contributed by atoms with Crippen LogP contribution in [0, 0.1) is 0 Å². The molecule has 2 aromatic rings. The number of carbonyl (C=O) groups excluding carboxylic acids is 1. The van der Waals surface area contributed by atoms with Crippen molar-refractivity contribution in [3.63, 3.8) is 0 Å². The monoisotopic (exact) mass is 340 g/mol. The average molecular weight is 341 g/mol. The van der Waals surface area contributed by atoms with Crippen molar-refractivity contribution in [2.24, 2.45) is 0 Å². The maximum atomic E-state index is 12.0. The van der Waals surface area contributed by atoms with E-state index < -0.39 is 10.1 Å². The molecule has 0 spiro atoms. The molecule has 2 rings (SSSR count). The summed E-state index contributed by atoms with van der Waals surface area (Å²) in [6.07, 6.45) is 0.645. The highest BCUT2D eigenvalue weighted by molar-refractivity contribution is 9.10. The number of aldehydes is 1. The van der Waals surface area contributed by atoms with Gasteiger partial charge in [0.15, 0.2) is 0 Å². The maximum Gasteiger partial charge on any atom is 0.339 e. The van der Waals surface area contributed by atoms with E-state index in [0.29, 0.717) is 11.8 Å². The molecule has 0 bridgehead atoms. The van der Waals surface area contributed by atoms with E-state index in [1.165, 1.54) is 24.3 Å². The first-order valence-corrected chi connectivity index (χ1v) is 7.47. The van der Waals surface area contributed by atoms with E-state index in [1.54, 1.807) is 24.3 Å². The van der Waals surface area contributed by atoms with Crippen molar-refractivity contribution in [1.29, 1.82) is 0 Å². The largest absolute Gasteiger partial charge is 0.379 e. The second kappa shape index (κ2) is 5.54. The highest BCUT2D eigenvalue weighted by Crippen LogP contribution is 2.21. The quantitative estimate of drug-likeness (QED) is 0.634. The zero-order chi connectivity index (χ0) is 13.9. The molecular weight excluding hydrogens is 332 g/mol. The Kier molecular flexibility index (Phi) is 4.01. The molecular formula is C13H9BrO4S. The smallest absolute Gasteiger partial charge is 0.339 e. The van der Waals surface area contributed by atoms with Crippen molar-refractivity contribution >= 4 is 32.3 Å². The summed E-state index contributed by atoms with van der Waals surface area (Å²) in [5.74, 6) is 0.225. The first-order chi connectivity index (χ1) is 9.01. The van der Waals surface area contributed by atoms with Gasteiger partial charge in [-0.05, 0) is 36.4 Å². The van der Waals surface area contributed by atoms with Crippen molar-refractivity contribution in [1.82, 2.24) is 0 Å². The SMILES string of the molecule is O=Cc1ccc(S(=O)(=O)Oc2ccc(Br)cc2)cc1. The lowest BCUT2D eigenvalue weighted by atomic mass is 10.2. The number of hydrogen-bond donors (Lipinski definition) is 0. The van der Waals surface area contributed by atoms with Crippen LogP contribution in [-0.2, 0) is 10.1 Å². The predicted molar refractivity (Wildman–Crippen MR) is 73.8 cm³/mol. The molecule has 0 N–H and O–H groups in total. The molecule has 0 amide bonds. The molecule has 0 aliphatic heterocycles. The van der Waals surface area contributed by atoms with Crippen molar-refractivity contribution in [2.45, 2.75) is 4.90 Å². The van der Waals surface area contributed by atoms with Gasteiger partial charge in [0.05, 0.1) is 0 Å². The van der Waals surface area contributed by atoms with Gasteiger partial charge in [-0.25, -0.2) is 0 Å². The minimum absolute atomic E-state index is 0.000943. The average Bonchev–Trinajstić information content (AvgIpc) is 2.41. The van der Waals surface area contributed by atoms with E-state index >= 15 is 0 Å². The molecule has 0 saturated carbocycles. The number of rotatable bonds is 4. The van der Waals surface area contributed by atoms with E-state index in [-0.39, 0.29) is 10.6 Å². The molecule has 19 heavy (non-hydrogen) atoms. The maximum absolute atomic E-state index is 12.0. The second-order valence-corrected chi connectivity index (χ2v) is 6.14. The third kappa shape index (κ3) is 3.42. The Morgan fingerprint density at radius 1 is 0.947 bits per heavy atom. The van der Waals surface area contributed by atoms with Gasteiger partial charge in [0.25, 0.3) is 0 Å². The lowest BCUT2D eigenvalue weighted by Gasteiger charge is -2.07. The molecule has 0 fully saturated rings. The summed E-state index contributed by atoms with van der Waals surface area (Å²) in [5, 5.41) is 0. The Bertz CT molecular complexity index is 676. The van der Waals surface area contributed by atoms with Crippen LogP contribution in [0.2, 0.25) is 0 Å². The van der Waals surface area contributed by atoms with Crippen LogP contribution >= 0.6 is 15.9 Å². The van der Waals surface area contributed by atoms with E-state index in [9.17, 15) is 13.2 Å². The molecule has 0 heterocycles. The van der Waals surface area contributed by atoms with Gasteiger partial charge in [-0.1, -0.05) is 28.1 Å². The first-order valence-electron chi connectivity index (χ1n) is 5.26. The second-order valence-electron chi connectivity index (χ2n) is 3.68. The summed E-state index contributed by atoms with van der Waals surface area (Å²) in [7, 11) is -3.88. The standard InChI is InChI=1S/C13H9BrO4S/c14-11-3-5-12(6-4-11)18-19(16,17)13-7-1-10(9-15)2-8-13/h1-9H. The summed E-state index contributed by atoms with van der Waals surface area (Å²) >= 11 is 3.25. The van der Waals surface area contributed by atoms with Crippen LogP contribution in [-0.4, -0.2) is 14.7 Å². The Morgan fingerprint density at radius 2 is 1.53 bits per heavy atom. The van der Waals surface area contributed by atoms with Gasteiger partial charge in [-0.3, -0.25) is 4.79 Å². The zero-order valence-corrected chi connectivity index (χ0v) is 12.0. The van der Waals surface area contributed by atoms with Crippen molar-refractivity contribution in [2.75, 3.05) is 0 Å². The van der Waals surface area contributed by atoms with Crippen LogP contribution in [0.3, 0.4) is 0 Å². The molecule has 0 aromatic heterocycles. The fraction of sp³-hybridized carbons (Fsp3) is 0. The normalized spacial score (nSPS) is 11.0. The molecule has 0 atom stereocenters. The first kappa shape index (κ1) is 13.8. The van der Waals surface area contributed by atoms with Gasteiger partial charge < -0.3 is 4.18 Å². The highest BCUT2D eigenvalue weighted by atomic mass is 79.9. The van der Waals surface area contributed by atoms with Gasteiger partial charge in [0.2, 0.25) is 0 Å². The lowest BCUT2D eigenvalue weighted by molar-refractivity contribution is 0.112. The van der Waals surface area contributed by atoms with Crippen LogP contribution in [0.1, 0.15) is 10.4 Å². The Balaban J connectivity index is 2.26. The van der Waals surface area contributed by atoms with Gasteiger partial charge in [-0.2, -0.15) is 8.42 Å². The van der Waals surface area contributed by atoms with Crippen LogP contribution in [0.5, 0.6) is 5.75 Å². The Labute approximate surface area is 119 Å². The molecule has 2 aromatic carbocycles. The highest BCUT2D eigenvalue weighted by Gasteiger charge is 2.16. The molecule has 0 radical (unpaired) electrons. The minimum atomic E-state index is -3.88. The van der Waals surface area contributed by atoms with Crippen LogP contribution in [0.15, 0.2) is 57.9 Å². The fourth-order valence-corrected chi connectivity index (χ4v) is 2.57. The van der Waals surface area contributed by atoms with Gasteiger partial charge in [-0.15, -0.1) is 0 Å². The summed E-state index contributed by atoms with van der Waals surface area (Å²) in [5.41, 5.74) is 0.405. The summed E-state index contributed by atoms with van der Waals surface area (Å²) < 4.78 is 29.7. The van der Waals surface area contributed by atoms with Crippen molar-refractivity contribution < 1.29 is 17.4 Å². The fourth-order valence-electron chi connectivity index (χ4n) is 1.38. The van der Waals surface area contributed by atoms with E-state index in [0.717, 1.165) is 4.47 Å². The number of halogens is 1. The zero-order valence-electron chi connectivity index (χ0n) is 9.62. The molecule has 98 valence electrons. The molecule has 4 nitrogen and oxygen atoms in total. The number of hydrogen-bond acceptors (Lipinski definition) is 4. The number of benzene rings is 2. The molecule has 6 heteroatoms. The lowest BCUT2D eigenvalue weighted by Crippen LogP contribution is -2.09. The van der Waals surface area contributed by atoms with E-state index in [4.69, 9.17) is 4.18 Å². The molecule has 0 aliphatic rings. The van der Waals surface area contributed by atoms with E-state index in [1.807, 2.05) is 0 Å². The summed E-state index contributed by atoms with van der Waals surface area (Å²) in [4.78, 5) is 10.5. The molecule has 0 unspecified atom stereocenters. The topological polar surface area (TPSA) is 60.4 Å².